The molecule has 2 heterocycles. The van der Waals surface area contributed by atoms with Crippen molar-refractivity contribution < 1.29 is 4.79 Å². The average Bonchev–Trinajstić information content (AvgIpc) is 2.67. The lowest BCUT2D eigenvalue weighted by molar-refractivity contribution is -0.117. The van der Waals surface area contributed by atoms with E-state index < -0.39 is 0 Å². The van der Waals surface area contributed by atoms with E-state index in [1.54, 1.807) is 13.0 Å². The van der Waals surface area contributed by atoms with Gasteiger partial charge >= 0.3 is 0 Å². The monoisotopic (exact) mass is 253 g/mol. The Kier molecular flexibility index (Phi) is 3.24. The fraction of sp³-hybridized carbons (Fsp3) is 0.250. The van der Waals surface area contributed by atoms with Gasteiger partial charge in [0, 0.05) is 5.69 Å². The van der Waals surface area contributed by atoms with Gasteiger partial charge in [0.1, 0.15) is 18.0 Å². The SMILES string of the molecule is Cc1cc(Cl)nc(NC(=O)Cn2cnnn2)n1. The Morgan fingerprint density at radius 1 is 1.53 bits per heavy atom. The molecular weight excluding hydrogens is 246 g/mol. The molecule has 1 N–H and O–H groups in total. The quantitative estimate of drug-likeness (QED) is 0.777. The minimum Gasteiger partial charge on any atom is -0.293 e. The van der Waals surface area contributed by atoms with Crippen LogP contribution in [0, 0.1) is 6.92 Å². The number of halogens is 1. The van der Waals surface area contributed by atoms with Crippen LogP contribution in [0.5, 0.6) is 0 Å². The van der Waals surface area contributed by atoms with Crippen molar-refractivity contribution in [3.63, 3.8) is 0 Å². The molecule has 2 aromatic rings. The molecule has 0 aliphatic rings. The van der Waals surface area contributed by atoms with Crippen molar-refractivity contribution in [2.75, 3.05) is 5.32 Å². The van der Waals surface area contributed by atoms with Gasteiger partial charge in [-0.05, 0) is 23.4 Å². The molecule has 9 heteroatoms. The number of carbonyl (C=O) groups is 1. The van der Waals surface area contributed by atoms with Gasteiger partial charge in [-0.1, -0.05) is 11.6 Å². The van der Waals surface area contributed by atoms with Crippen molar-refractivity contribution in [1.29, 1.82) is 0 Å². The number of hydrogen-bond donors (Lipinski definition) is 1. The Labute approximate surface area is 101 Å². The smallest absolute Gasteiger partial charge is 0.248 e. The molecule has 0 spiro atoms. The lowest BCUT2D eigenvalue weighted by atomic mass is 10.4. The average molecular weight is 254 g/mol. The topological polar surface area (TPSA) is 98.5 Å². The Bertz CT molecular complexity index is 506. The number of aryl methyl sites for hydroxylation is 1. The molecule has 8 nitrogen and oxygen atoms in total. The second-order valence-electron chi connectivity index (χ2n) is 3.21. The van der Waals surface area contributed by atoms with Crippen LogP contribution in [0.3, 0.4) is 0 Å². The molecule has 0 radical (unpaired) electrons. The summed E-state index contributed by atoms with van der Waals surface area (Å²) in [7, 11) is 0. The standard InChI is InChI=1S/C8H8ClN7O/c1-5-2-6(9)12-8(11-5)13-7(17)3-16-4-10-14-15-16/h2,4H,3H2,1H3,(H,11,12,13,17). The highest BCUT2D eigenvalue weighted by atomic mass is 35.5. The number of amides is 1. The second kappa shape index (κ2) is 4.83. The van der Waals surface area contributed by atoms with E-state index in [4.69, 9.17) is 11.6 Å². The zero-order chi connectivity index (χ0) is 12.3. The van der Waals surface area contributed by atoms with E-state index in [2.05, 4.69) is 30.8 Å². The molecule has 0 saturated heterocycles. The lowest BCUT2D eigenvalue weighted by Gasteiger charge is -2.04. The largest absolute Gasteiger partial charge is 0.293 e. The number of rotatable bonds is 3. The maximum Gasteiger partial charge on any atom is 0.248 e. The molecule has 0 atom stereocenters. The summed E-state index contributed by atoms with van der Waals surface area (Å²) >= 11 is 5.74. The Hall–Kier alpha value is -2.09. The summed E-state index contributed by atoms with van der Waals surface area (Å²) in [5.74, 6) is -0.174. The predicted octanol–water partition coefficient (Wildman–Crippen LogP) is 0.0636. The second-order valence-corrected chi connectivity index (χ2v) is 3.60. The molecule has 0 unspecified atom stereocenters. The minimum atomic E-state index is -0.334. The van der Waals surface area contributed by atoms with Crippen LogP contribution in [0.15, 0.2) is 12.4 Å². The van der Waals surface area contributed by atoms with Crippen molar-refractivity contribution in [1.82, 2.24) is 30.2 Å². The van der Waals surface area contributed by atoms with Gasteiger partial charge in [-0.3, -0.25) is 10.1 Å². The molecule has 17 heavy (non-hydrogen) atoms. The van der Waals surface area contributed by atoms with E-state index >= 15 is 0 Å². The van der Waals surface area contributed by atoms with Crippen LogP contribution >= 0.6 is 11.6 Å². The molecule has 0 aliphatic heterocycles. The van der Waals surface area contributed by atoms with Crippen molar-refractivity contribution in [3.8, 4) is 0 Å². The summed E-state index contributed by atoms with van der Waals surface area (Å²) in [6, 6.07) is 1.60. The van der Waals surface area contributed by atoms with Crippen LogP contribution < -0.4 is 5.32 Å². The molecule has 2 rings (SSSR count). The number of nitrogens with one attached hydrogen (secondary N) is 1. The van der Waals surface area contributed by atoms with Crippen LogP contribution in [-0.2, 0) is 11.3 Å². The van der Waals surface area contributed by atoms with Gasteiger partial charge in [-0.25, -0.2) is 14.6 Å². The van der Waals surface area contributed by atoms with E-state index in [-0.39, 0.29) is 23.6 Å². The van der Waals surface area contributed by atoms with Crippen LogP contribution in [0.4, 0.5) is 5.95 Å². The number of hydrogen-bond acceptors (Lipinski definition) is 6. The van der Waals surface area contributed by atoms with Crippen LogP contribution in [0.25, 0.3) is 0 Å². The molecule has 88 valence electrons. The van der Waals surface area contributed by atoms with Crippen LogP contribution in [0.1, 0.15) is 5.69 Å². The first-order valence-electron chi connectivity index (χ1n) is 4.65. The highest BCUT2D eigenvalue weighted by Crippen LogP contribution is 2.09. The number of carbonyl (C=O) groups excluding carboxylic acids is 1. The van der Waals surface area contributed by atoms with Gasteiger partial charge in [0.15, 0.2) is 0 Å². The number of aromatic nitrogens is 6. The Morgan fingerprint density at radius 3 is 3.00 bits per heavy atom. The molecule has 0 fully saturated rings. The summed E-state index contributed by atoms with van der Waals surface area (Å²) in [4.78, 5) is 19.4. The molecule has 0 aliphatic carbocycles. The summed E-state index contributed by atoms with van der Waals surface area (Å²) in [5.41, 5.74) is 0.669. The maximum absolute atomic E-state index is 11.6. The third-order valence-electron chi connectivity index (χ3n) is 1.77. The van der Waals surface area contributed by atoms with Crippen LogP contribution in [-0.4, -0.2) is 36.1 Å². The highest BCUT2D eigenvalue weighted by Gasteiger charge is 2.07. The van der Waals surface area contributed by atoms with Gasteiger partial charge in [0.2, 0.25) is 11.9 Å². The Balaban J connectivity index is 2.03. The van der Waals surface area contributed by atoms with Gasteiger partial charge in [-0.2, -0.15) is 0 Å². The minimum absolute atomic E-state index is 0.0120. The number of tetrazole rings is 1. The zero-order valence-electron chi connectivity index (χ0n) is 8.83. The van der Waals surface area contributed by atoms with E-state index in [0.717, 1.165) is 0 Å². The van der Waals surface area contributed by atoms with Gasteiger partial charge in [-0.15, -0.1) is 5.10 Å². The first kappa shape index (κ1) is 11.4. The fourth-order valence-electron chi connectivity index (χ4n) is 1.15. The van der Waals surface area contributed by atoms with E-state index in [1.165, 1.54) is 11.0 Å². The predicted molar refractivity (Wildman–Crippen MR) is 58.2 cm³/mol. The molecular formula is C8H8ClN7O. The first-order valence-corrected chi connectivity index (χ1v) is 5.03. The third kappa shape index (κ3) is 3.18. The Morgan fingerprint density at radius 2 is 2.35 bits per heavy atom. The zero-order valence-corrected chi connectivity index (χ0v) is 9.59. The fourth-order valence-corrected chi connectivity index (χ4v) is 1.39. The lowest BCUT2D eigenvalue weighted by Crippen LogP contribution is -2.20. The van der Waals surface area contributed by atoms with E-state index in [9.17, 15) is 4.79 Å². The van der Waals surface area contributed by atoms with Crippen molar-refractivity contribution in [3.05, 3.63) is 23.2 Å². The van der Waals surface area contributed by atoms with Gasteiger partial charge in [0.25, 0.3) is 0 Å². The molecule has 1 amide bonds. The summed E-state index contributed by atoms with van der Waals surface area (Å²) in [5, 5.41) is 13.2. The summed E-state index contributed by atoms with van der Waals surface area (Å²) in [6.07, 6.45) is 1.34. The number of anilines is 1. The normalized spacial score (nSPS) is 10.2. The molecule has 2 aromatic heterocycles. The van der Waals surface area contributed by atoms with E-state index in [0.29, 0.717) is 5.69 Å². The summed E-state index contributed by atoms with van der Waals surface area (Å²) in [6.45, 7) is 1.74. The van der Waals surface area contributed by atoms with Crippen molar-refractivity contribution in [2.24, 2.45) is 0 Å². The van der Waals surface area contributed by atoms with Crippen LogP contribution in [0.2, 0.25) is 5.15 Å². The number of nitrogens with zero attached hydrogens (tertiary/aromatic N) is 6. The highest BCUT2D eigenvalue weighted by molar-refractivity contribution is 6.29. The van der Waals surface area contributed by atoms with Gasteiger partial charge in [0.05, 0.1) is 0 Å². The maximum atomic E-state index is 11.6. The molecule has 0 saturated carbocycles. The first-order chi connectivity index (χ1) is 8.13. The summed E-state index contributed by atoms with van der Waals surface area (Å²) < 4.78 is 1.28. The van der Waals surface area contributed by atoms with E-state index in [1.807, 2.05) is 0 Å². The van der Waals surface area contributed by atoms with Crippen molar-refractivity contribution in [2.45, 2.75) is 13.5 Å². The van der Waals surface area contributed by atoms with Crippen molar-refractivity contribution >= 4 is 23.5 Å². The van der Waals surface area contributed by atoms with Gasteiger partial charge < -0.3 is 0 Å². The molecule has 0 bridgehead atoms. The molecule has 0 aromatic carbocycles. The third-order valence-corrected chi connectivity index (χ3v) is 1.96.